The maximum atomic E-state index is 12.1. The van der Waals surface area contributed by atoms with Gasteiger partial charge in [-0.15, -0.1) is 0 Å². The van der Waals surface area contributed by atoms with E-state index in [0.29, 0.717) is 36.4 Å². The van der Waals surface area contributed by atoms with E-state index in [1.807, 2.05) is 39.0 Å². The highest BCUT2D eigenvalue weighted by molar-refractivity contribution is 5.92. The monoisotopic (exact) mass is 264 g/mol. The Hall–Kier alpha value is -1.51. The lowest BCUT2D eigenvalue weighted by atomic mass is 10.1. The Morgan fingerprint density at radius 2 is 1.74 bits per heavy atom. The quantitative estimate of drug-likeness (QED) is 0.732. The number of hydrogen-bond acceptors (Lipinski definition) is 3. The van der Waals surface area contributed by atoms with Crippen LogP contribution in [0.2, 0.25) is 0 Å². The van der Waals surface area contributed by atoms with Crippen LogP contribution in [-0.2, 0) is 4.74 Å². The Kier molecular flexibility index (Phi) is 5.87. The second-order valence-electron chi connectivity index (χ2n) is 5.70. The van der Waals surface area contributed by atoms with Crippen LogP contribution in [-0.4, -0.2) is 19.2 Å². The van der Waals surface area contributed by atoms with Crippen LogP contribution >= 0.6 is 0 Å². The van der Waals surface area contributed by atoms with E-state index in [-0.39, 0.29) is 5.97 Å². The van der Waals surface area contributed by atoms with Gasteiger partial charge in [0.1, 0.15) is 11.3 Å². The van der Waals surface area contributed by atoms with Gasteiger partial charge in [-0.05, 0) is 30.9 Å². The highest BCUT2D eigenvalue weighted by atomic mass is 16.5. The number of ether oxygens (including phenoxy) is 2. The highest BCUT2D eigenvalue weighted by Gasteiger charge is 2.15. The number of hydrogen-bond donors (Lipinski definition) is 0. The van der Waals surface area contributed by atoms with Crippen LogP contribution in [0.1, 0.15) is 43.6 Å². The zero-order valence-corrected chi connectivity index (χ0v) is 12.5. The number of aryl methyl sites for hydroxylation is 1. The van der Waals surface area contributed by atoms with E-state index in [1.165, 1.54) is 0 Å². The first kappa shape index (κ1) is 15.5. The summed E-state index contributed by atoms with van der Waals surface area (Å²) < 4.78 is 11.0. The van der Waals surface area contributed by atoms with Crippen molar-refractivity contribution in [2.24, 2.45) is 11.8 Å². The molecular weight excluding hydrogens is 240 g/mol. The topological polar surface area (TPSA) is 35.5 Å². The highest BCUT2D eigenvalue weighted by Crippen LogP contribution is 2.22. The van der Waals surface area contributed by atoms with Crippen molar-refractivity contribution in [1.82, 2.24) is 0 Å². The molecule has 0 saturated carbocycles. The van der Waals surface area contributed by atoms with E-state index in [9.17, 15) is 4.79 Å². The number of carbonyl (C=O) groups excluding carboxylic acids is 1. The van der Waals surface area contributed by atoms with Crippen molar-refractivity contribution in [3.63, 3.8) is 0 Å². The second-order valence-corrected chi connectivity index (χ2v) is 5.70. The predicted octanol–water partition coefficient (Wildman–Crippen LogP) is 3.84. The third kappa shape index (κ3) is 5.33. The Balaban J connectivity index is 2.83. The van der Waals surface area contributed by atoms with Crippen LogP contribution in [0.25, 0.3) is 0 Å². The summed E-state index contributed by atoms with van der Waals surface area (Å²) in [6, 6.07) is 5.59. The Morgan fingerprint density at radius 1 is 1.11 bits per heavy atom. The number of esters is 1. The summed E-state index contributed by atoms with van der Waals surface area (Å²) in [7, 11) is 0. The summed E-state index contributed by atoms with van der Waals surface area (Å²) in [4.78, 5) is 12.1. The first-order valence-electron chi connectivity index (χ1n) is 6.80. The van der Waals surface area contributed by atoms with Gasteiger partial charge < -0.3 is 9.47 Å². The van der Waals surface area contributed by atoms with Gasteiger partial charge in [-0.3, -0.25) is 0 Å². The molecule has 0 aliphatic rings. The van der Waals surface area contributed by atoms with Crippen molar-refractivity contribution in [3.05, 3.63) is 29.3 Å². The van der Waals surface area contributed by atoms with Crippen molar-refractivity contribution in [2.75, 3.05) is 13.2 Å². The average Bonchev–Trinajstić information content (AvgIpc) is 2.34. The van der Waals surface area contributed by atoms with Gasteiger partial charge in [0.15, 0.2) is 0 Å². The summed E-state index contributed by atoms with van der Waals surface area (Å²) >= 11 is 0. The number of benzene rings is 1. The summed E-state index contributed by atoms with van der Waals surface area (Å²) in [6.07, 6.45) is 0. The molecule has 0 amide bonds. The van der Waals surface area contributed by atoms with Gasteiger partial charge in [0.25, 0.3) is 0 Å². The van der Waals surface area contributed by atoms with Crippen LogP contribution in [0.4, 0.5) is 0 Å². The second kappa shape index (κ2) is 7.17. The van der Waals surface area contributed by atoms with Gasteiger partial charge in [-0.25, -0.2) is 4.79 Å². The third-order valence-corrected chi connectivity index (χ3v) is 2.47. The molecule has 0 radical (unpaired) electrons. The molecule has 0 atom stereocenters. The summed E-state index contributed by atoms with van der Waals surface area (Å²) in [5.41, 5.74) is 1.54. The molecule has 1 aromatic rings. The van der Waals surface area contributed by atoms with E-state index in [4.69, 9.17) is 9.47 Å². The number of carbonyl (C=O) groups is 1. The summed E-state index contributed by atoms with van der Waals surface area (Å²) in [5.74, 6) is 1.04. The minimum absolute atomic E-state index is 0.309. The van der Waals surface area contributed by atoms with E-state index in [2.05, 4.69) is 13.8 Å². The zero-order chi connectivity index (χ0) is 14.4. The summed E-state index contributed by atoms with van der Waals surface area (Å²) in [6.45, 7) is 11.1. The van der Waals surface area contributed by atoms with Gasteiger partial charge >= 0.3 is 5.97 Å². The normalized spacial score (nSPS) is 10.9. The zero-order valence-electron chi connectivity index (χ0n) is 12.5. The lowest BCUT2D eigenvalue weighted by Crippen LogP contribution is -2.13. The molecule has 0 aromatic heterocycles. The van der Waals surface area contributed by atoms with Gasteiger partial charge in [-0.1, -0.05) is 39.3 Å². The SMILES string of the molecule is Cc1ccc(OCC(C)C)c(C(=O)OCC(C)C)c1. The Labute approximate surface area is 115 Å². The predicted molar refractivity (Wildman–Crippen MR) is 76.6 cm³/mol. The summed E-state index contributed by atoms with van der Waals surface area (Å²) in [5, 5.41) is 0. The maximum absolute atomic E-state index is 12.1. The van der Waals surface area contributed by atoms with Gasteiger partial charge in [0.2, 0.25) is 0 Å². The molecule has 3 nitrogen and oxygen atoms in total. The molecule has 1 rings (SSSR count). The smallest absolute Gasteiger partial charge is 0.341 e. The van der Waals surface area contributed by atoms with Crippen molar-refractivity contribution >= 4 is 5.97 Å². The van der Waals surface area contributed by atoms with Crippen LogP contribution in [0, 0.1) is 18.8 Å². The van der Waals surface area contributed by atoms with Crippen LogP contribution in [0.3, 0.4) is 0 Å². The van der Waals surface area contributed by atoms with E-state index < -0.39 is 0 Å². The van der Waals surface area contributed by atoms with Crippen molar-refractivity contribution in [2.45, 2.75) is 34.6 Å². The molecule has 3 heteroatoms. The van der Waals surface area contributed by atoms with E-state index in [0.717, 1.165) is 5.56 Å². The number of rotatable bonds is 6. The first-order chi connectivity index (χ1) is 8.90. The molecule has 0 aliphatic heterocycles. The maximum Gasteiger partial charge on any atom is 0.341 e. The first-order valence-corrected chi connectivity index (χ1v) is 6.80. The third-order valence-electron chi connectivity index (χ3n) is 2.47. The Morgan fingerprint density at radius 3 is 2.32 bits per heavy atom. The molecule has 1 aromatic carbocycles. The molecule has 0 bridgehead atoms. The molecule has 0 spiro atoms. The molecule has 19 heavy (non-hydrogen) atoms. The van der Waals surface area contributed by atoms with Gasteiger partial charge in [0, 0.05) is 0 Å². The minimum atomic E-state index is -0.309. The van der Waals surface area contributed by atoms with Gasteiger partial charge in [0.05, 0.1) is 13.2 Å². The molecule has 0 fully saturated rings. The van der Waals surface area contributed by atoms with E-state index in [1.54, 1.807) is 0 Å². The molecule has 106 valence electrons. The molecule has 0 unspecified atom stereocenters. The lowest BCUT2D eigenvalue weighted by molar-refractivity contribution is 0.0453. The molecular formula is C16H24O3. The van der Waals surface area contributed by atoms with Crippen molar-refractivity contribution in [3.8, 4) is 5.75 Å². The molecule has 0 heterocycles. The fraction of sp³-hybridized carbons (Fsp3) is 0.562. The van der Waals surface area contributed by atoms with Gasteiger partial charge in [-0.2, -0.15) is 0 Å². The largest absolute Gasteiger partial charge is 0.492 e. The Bertz CT molecular complexity index is 422. The molecule has 0 N–H and O–H groups in total. The average molecular weight is 264 g/mol. The van der Waals surface area contributed by atoms with Crippen LogP contribution in [0.5, 0.6) is 5.75 Å². The van der Waals surface area contributed by atoms with E-state index >= 15 is 0 Å². The fourth-order valence-electron chi connectivity index (χ4n) is 1.51. The van der Waals surface area contributed by atoms with Crippen LogP contribution in [0.15, 0.2) is 18.2 Å². The fourth-order valence-corrected chi connectivity index (χ4v) is 1.51. The molecule has 0 aliphatic carbocycles. The lowest BCUT2D eigenvalue weighted by Gasteiger charge is -2.14. The standard InChI is InChI=1S/C16H24O3/c1-11(2)9-18-15-7-6-13(5)8-14(15)16(17)19-10-12(3)4/h6-8,11-12H,9-10H2,1-5H3. The minimum Gasteiger partial charge on any atom is -0.492 e. The van der Waals surface area contributed by atoms with Crippen molar-refractivity contribution in [1.29, 1.82) is 0 Å². The molecule has 0 saturated heterocycles. The van der Waals surface area contributed by atoms with Crippen molar-refractivity contribution < 1.29 is 14.3 Å². The van der Waals surface area contributed by atoms with Crippen LogP contribution < -0.4 is 4.74 Å².